The third-order valence-electron chi connectivity index (χ3n) is 4.77. The van der Waals surface area contributed by atoms with Crippen LogP contribution in [0.5, 0.6) is 0 Å². The van der Waals surface area contributed by atoms with Crippen molar-refractivity contribution in [1.29, 1.82) is 0 Å². The lowest BCUT2D eigenvalue weighted by Gasteiger charge is -2.24. The van der Waals surface area contributed by atoms with Crippen LogP contribution in [-0.4, -0.2) is 31.4 Å². The highest BCUT2D eigenvalue weighted by Gasteiger charge is 2.21. The van der Waals surface area contributed by atoms with Crippen LogP contribution < -0.4 is 0 Å². The first-order valence-electron chi connectivity index (χ1n) is 11.9. The molecule has 5 heteroatoms. The van der Waals surface area contributed by atoms with Gasteiger partial charge in [0.1, 0.15) is 6.61 Å². The first-order valence-corrected chi connectivity index (χ1v) is 16.9. The number of rotatable bonds is 20. The Labute approximate surface area is 196 Å². The SMILES string of the molecule is CCCCCCCC/C=C\CCCCCCCC(=O)OC[C@@H](CI)O[Si](C)(C)C. The molecule has 0 aliphatic rings. The molecule has 0 saturated carbocycles. The van der Waals surface area contributed by atoms with Gasteiger partial charge in [0.05, 0.1) is 6.10 Å². The van der Waals surface area contributed by atoms with Crippen LogP contribution in [0.2, 0.25) is 19.6 Å². The molecule has 0 N–H and O–H groups in total. The molecule has 3 nitrogen and oxygen atoms in total. The van der Waals surface area contributed by atoms with Gasteiger partial charge in [-0.25, -0.2) is 0 Å². The summed E-state index contributed by atoms with van der Waals surface area (Å²) in [5.74, 6) is -0.0725. The maximum absolute atomic E-state index is 11.9. The van der Waals surface area contributed by atoms with Gasteiger partial charge in [-0.1, -0.05) is 93.0 Å². The van der Waals surface area contributed by atoms with E-state index in [0.29, 0.717) is 13.0 Å². The molecule has 0 heterocycles. The van der Waals surface area contributed by atoms with Gasteiger partial charge in [0.15, 0.2) is 8.32 Å². The number of halogens is 1. The Morgan fingerprint density at radius 1 is 0.862 bits per heavy atom. The third kappa shape index (κ3) is 22.6. The molecule has 0 aliphatic heterocycles. The van der Waals surface area contributed by atoms with Crippen molar-refractivity contribution in [2.75, 3.05) is 11.0 Å². The van der Waals surface area contributed by atoms with E-state index >= 15 is 0 Å². The Morgan fingerprint density at radius 2 is 1.38 bits per heavy atom. The van der Waals surface area contributed by atoms with Crippen molar-refractivity contribution in [2.24, 2.45) is 0 Å². The smallest absolute Gasteiger partial charge is 0.305 e. The Morgan fingerprint density at radius 3 is 1.90 bits per heavy atom. The lowest BCUT2D eigenvalue weighted by molar-refractivity contribution is -0.146. The Bertz CT molecular complexity index is 407. The molecule has 0 saturated heterocycles. The summed E-state index contributed by atoms with van der Waals surface area (Å²) in [6, 6.07) is 0. The molecular weight excluding hydrogens is 491 g/mol. The Balaban J connectivity index is 3.45. The molecule has 0 aromatic carbocycles. The predicted molar refractivity (Wildman–Crippen MR) is 138 cm³/mol. The van der Waals surface area contributed by atoms with Gasteiger partial charge in [0.2, 0.25) is 0 Å². The predicted octanol–water partition coefficient (Wildman–Crippen LogP) is 8.22. The fourth-order valence-corrected chi connectivity index (χ4v) is 5.13. The summed E-state index contributed by atoms with van der Waals surface area (Å²) in [6.07, 6.45) is 21.8. The van der Waals surface area contributed by atoms with Crippen LogP contribution in [0, 0.1) is 0 Å². The zero-order valence-corrected chi connectivity index (χ0v) is 22.8. The molecule has 0 amide bonds. The third-order valence-corrected chi connectivity index (χ3v) is 6.79. The second kappa shape index (κ2) is 20.0. The average Bonchev–Trinajstić information content (AvgIpc) is 2.67. The van der Waals surface area contributed by atoms with E-state index in [2.05, 4.69) is 61.3 Å². The topological polar surface area (TPSA) is 35.5 Å². The van der Waals surface area contributed by atoms with E-state index in [4.69, 9.17) is 9.16 Å². The second-order valence-electron chi connectivity index (χ2n) is 9.02. The molecule has 0 bridgehead atoms. The molecule has 1 atom stereocenters. The average molecular weight is 539 g/mol. The van der Waals surface area contributed by atoms with Gasteiger partial charge in [-0.2, -0.15) is 0 Å². The van der Waals surface area contributed by atoms with E-state index in [1.54, 1.807) is 0 Å². The standard InChI is InChI=1S/C24H47IO3Si/c1-5-6-7-8-9-10-11-12-13-14-15-16-17-18-19-20-24(26)27-22-23(21-25)28-29(2,3)4/h12-13,23H,5-11,14-22H2,1-4H3/b13-12-/t23-/m1/s1. The van der Waals surface area contributed by atoms with Crippen molar-refractivity contribution < 1.29 is 14.0 Å². The minimum atomic E-state index is -1.58. The number of esters is 1. The summed E-state index contributed by atoms with van der Waals surface area (Å²) in [5.41, 5.74) is 0. The fraction of sp³-hybridized carbons (Fsp3) is 0.875. The minimum absolute atomic E-state index is 0.0420. The van der Waals surface area contributed by atoms with Crippen molar-refractivity contribution in [3.05, 3.63) is 12.2 Å². The highest BCUT2D eigenvalue weighted by molar-refractivity contribution is 14.1. The van der Waals surface area contributed by atoms with Crippen LogP contribution in [0.25, 0.3) is 0 Å². The highest BCUT2D eigenvalue weighted by atomic mass is 127. The molecule has 0 radical (unpaired) electrons. The van der Waals surface area contributed by atoms with E-state index in [-0.39, 0.29) is 12.1 Å². The minimum Gasteiger partial charge on any atom is -0.463 e. The van der Waals surface area contributed by atoms with E-state index < -0.39 is 8.32 Å². The van der Waals surface area contributed by atoms with Crippen LogP contribution in [0.4, 0.5) is 0 Å². The number of allylic oxidation sites excluding steroid dienone is 2. The Hall–Kier alpha value is 0.117. The van der Waals surface area contributed by atoms with Gasteiger partial charge in [-0.05, 0) is 51.7 Å². The van der Waals surface area contributed by atoms with E-state index in [0.717, 1.165) is 17.3 Å². The fourth-order valence-electron chi connectivity index (χ4n) is 3.21. The summed E-state index contributed by atoms with van der Waals surface area (Å²) >= 11 is 2.30. The van der Waals surface area contributed by atoms with Crippen molar-refractivity contribution >= 4 is 36.9 Å². The van der Waals surface area contributed by atoms with Gasteiger partial charge >= 0.3 is 5.97 Å². The Kier molecular flexibility index (Phi) is 20.1. The molecular formula is C24H47IO3Si. The van der Waals surface area contributed by atoms with Crippen molar-refractivity contribution in [1.82, 2.24) is 0 Å². The van der Waals surface area contributed by atoms with Crippen LogP contribution in [0.1, 0.15) is 96.8 Å². The van der Waals surface area contributed by atoms with E-state index in [1.807, 2.05) is 0 Å². The van der Waals surface area contributed by atoms with Gasteiger partial charge < -0.3 is 9.16 Å². The summed E-state index contributed by atoms with van der Waals surface area (Å²) in [6.45, 7) is 9.17. The normalized spacial score (nSPS) is 13.1. The maximum atomic E-state index is 11.9. The first-order chi connectivity index (χ1) is 13.9. The first kappa shape index (κ1) is 29.1. The number of unbranched alkanes of at least 4 members (excludes halogenated alkanes) is 11. The molecule has 0 aliphatic carbocycles. The number of hydrogen-bond donors (Lipinski definition) is 0. The lowest BCUT2D eigenvalue weighted by atomic mass is 10.1. The summed E-state index contributed by atoms with van der Waals surface area (Å²) in [7, 11) is -1.58. The monoisotopic (exact) mass is 538 g/mol. The molecule has 0 aromatic rings. The molecule has 0 spiro atoms. The van der Waals surface area contributed by atoms with Crippen LogP contribution in [0.15, 0.2) is 12.2 Å². The van der Waals surface area contributed by atoms with Crippen LogP contribution >= 0.6 is 22.6 Å². The number of hydrogen-bond acceptors (Lipinski definition) is 3. The second-order valence-corrected chi connectivity index (χ2v) is 14.4. The molecule has 172 valence electrons. The van der Waals surface area contributed by atoms with E-state index in [9.17, 15) is 4.79 Å². The van der Waals surface area contributed by atoms with Gasteiger partial charge in [-0.15, -0.1) is 0 Å². The molecule has 0 rings (SSSR count). The van der Waals surface area contributed by atoms with Crippen LogP contribution in [0.3, 0.4) is 0 Å². The van der Waals surface area contributed by atoms with Crippen molar-refractivity contribution in [3.8, 4) is 0 Å². The van der Waals surface area contributed by atoms with Gasteiger partial charge in [-0.3, -0.25) is 4.79 Å². The number of carbonyl (C=O) groups is 1. The largest absolute Gasteiger partial charge is 0.463 e. The zero-order valence-electron chi connectivity index (χ0n) is 19.6. The maximum Gasteiger partial charge on any atom is 0.305 e. The lowest BCUT2D eigenvalue weighted by Crippen LogP contribution is -2.36. The van der Waals surface area contributed by atoms with Crippen molar-refractivity contribution in [3.63, 3.8) is 0 Å². The zero-order chi connectivity index (χ0) is 21.8. The molecule has 0 unspecified atom stereocenters. The van der Waals surface area contributed by atoms with E-state index in [1.165, 1.54) is 70.6 Å². The van der Waals surface area contributed by atoms with Crippen LogP contribution in [-0.2, 0) is 14.0 Å². The summed E-state index contributed by atoms with van der Waals surface area (Å²) in [4.78, 5) is 11.9. The molecule has 0 aromatic heterocycles. The number of ether oxygens (including phenoxy) is 1. The van der Waals surface area contributed by atoms with Gasteiger partial charge in [0.25, 0.3) is 0 Å². The summed E-state index contributed by atoms with van der Waals surface area (Å²) < 4.78 is 12.3. The highest BCUT2D eigenvalue weighted by Crippen LogP contribution is 2.12. The molecule has 29 heavy (non-hydrogen) atoms. The van der Waals surface area contributed by atoms with Crippen molar-refractivity contribution in [2.45, 2.75) is 123 Å². The quantitative estimate of drug-likeness (QED) is 0.0391. The molecule has 0 fully saturated rings. The van der Waals surface area contributed by atoms with Gasteiger partial charge in [0, 0.05) is 10.8 Å². The summed E-state index contributed by atoms with van der Waals surface area (Å²) in [5, 5.41) is 0. The number of carbonyl (C=O) groups excluding carboxylic acids is 1. The number of alkyl halides is 1.